The van der Waals surface area contributed by atoms with Crippen LogP contribution in [0.1, 0.15) is 38.4 Å². The number of ether oxygens (including phenoxy) is 1. The van der Waals surface area contributed by atoms with Gasteiger partial charge in [-0.15, -0.1) is 0 Å². The number of hydrogen-bond donors (Lipinski definition) is 2. The Kier molecular flexibility index (Phi) is 11.0. The summed E-state index contributed by atoms with van der Waals surface area (Å²) in [6, 6.07) is 10.2. The second-order valence-electron chi connectivity index (χ2n) is 6.28. The van der Waals surface area contributed by atoms with E-state index in [9.17, 15) is 8.42 Å². The molecule has 0 aliphatic rings. The molecule has 0 aliphatic carbocycles. The van der Waals surface area contributed by atoms with Crippen LogP contribution in [0.25, 0.3) is 0 Å². The van der Waals surface area contributed by atoms with Crippen LogP contribution in [0.3, 0.4) is 0 Å². The molecule has 1 rings (SSSR count). The molecule has 2 N–H and O–H groups in total. The molecule has 0 aliphatic heterocycles. The number of hydrogen-bond acceptors (Lipinski definition) is 4. The Labute approximate surface area is 164 Å². The van der Waals surface area contributed by atoms with Gasteiger partial charge in [0.05, 0.1) is 11.9 Å². The SMILES string of the molecule is CCS(=O)(=O)N(C)CCCNC(=NC)NCCCOC(C)c1ccccc1. The molecule has 8 heteroatoms. The second kappa shape index (κ2) is 12.7. The van der Waals surface area contributed by atoms with Crippen molar-refractivity contribution in [3.63, 3.8) is 0 Å². The summed E-state index contributed by atoms with van der Waals surface area (Å²) in [4.78, 5) is 4.17. The number of nitrogens with zero attached hydrogens (tertiary/aromatic N) is 2. The minimum Gasteiger partial charge on any atom is -0.374 e. The maximum absolute atomic E-state index is 11.7. The van der Waals surface area contributed by atoms with E-state index >= 15 is 0 Å². The standard InChI is InChI=1S/C19H34N4O3S/c1-5-27(24,25)23(4)15-9-13-21-19(20-3)22-14-10-16-26-17(2)18-11-7-6-8-12-18/h6-8,11-12,17H,5,9-10,13-16H2,1-4H3,(H2,20,21,22). The molecule has 0 fully saturated rings. The normalized spacial score (nSPS) is 13.6. The van der Waals surface area contributed by atoms with Gasteiger partial charge in [0.25, 0.3) is 0 Å². The average molecular weight is 399 g/mol. The van der Waals surface area contributed by atoms with Crippen LogP contribution >= 0.6 is 0 Å². The summed E-state index contributed by atoms with van der Waals surface area (Å²) in [6.45, 7) is 6.28. The number of nitrogens with one attached hydrogen (secondary N) is 2. The molecule has 1 unspecified atom stereocenters. The van der Waals surface area contributed by atoms with Crippen molar-refractivity contribution in [2.24, 2.45) is 4.99 Å². The molecule has 1 atom stereocenters. The summed E-state index contributed by atoms with van der Waals surface area (Å²) in [5, 5.41) is 6.44. The first-order chi connectivity index (χ1) is 12.9. The van der Waals surface area contributed by atoms with E-state index < -0.39 is 10.0 Å². The van der Waals surface area contributed by atoms with Gasteiger partial charge in [0, 0.05) is 40.3 Å². The van der Waals surface area contributed by atoms with Gasteiger partial charge in [-0.1, -0.05) is 30.3 Å². The lowest BCUT2D eigenvalue weighted by Crippen LogP contribution is -2.39. The van der Waals surface area contributed by atoms with Gasteiger partial charge in [-0.05, 0) is 32.3 Å². The number of rotatable bonds is 12. The maximum atomic E-state index is 11.7. The Morgan fingerprint density at radius 2 is 1.81 bits per heavy atom. The Balaban J connectivity index is 2.14. The van der Waals surface area contributed by atoms with E-state index in [2.05, 4.69) is 34.7 Å². The van der Waals surface area contributed by atoms with Gasteiger partial charge in [-0.2, -0.15) is 0 Å². The van der Waals surface area contributed by atoms with Crippen LogP contribution in [0.15, 0.2) is 35.3 Å². The van der Waals surface area contributed by atoms with Crippen LogP contribution in [0.5, 0.6) is 0 Å². The summed E-state index contributed by atoms with van der Waals surface area (Å²) < 4.78 is 30.6. The fourth-order valence-electron chi connectivity index (χ4n) is 2.45. The lowest BCUT2D eigenvalue weighted by molar-refractivity contribution is 0.0646. The third kappa shape index (κ3) is 9.21. The quantitative estimate of drug-likeness (QED) is 0.320. The third-order valence-corrected chi connectivity index (χ3v) is 6.12. The first kappa shape index (κ1) is 23.4. The van der Waals surface area contributed by atoms with Crippen molar-refractivity contribution in [1.82, 2.24) is 14.9 Å². The molecule has 1 aromatic carbocycles. The summed E-state index contributed by atoms with van der Waals surface area (Å²) >= 11 is 0. The maximum Gasteiger partial charge on any atom is 0.213 e. The van der Waals surface area contributed by atoms with Gasteiger partial charge in [0.2, 0.25) is 10.0 Å². The largest absolute Gasteiger partial charge is 0.374 e. The highest BCUT2D eigenvalue weighted by molar-refractivity contribution is 7.89. The topological polar surface area (TPSA) is 83.0 Å². The van der Waals surface area contributed by atoms with Crippen molar-refractivity contribution in [2.75, 3.05) is 46.1 Å². The van der Waals surface area contributed by atoms with Gasteiger partial charge < -0.3 is 15.4 Å². The van der Waals surface area contributed by atoms with Crippen LogP contribution in [-0.2, 0) is 14.8 Å². The van der Waals surface area contributed by atoms with E-state index in [1.54, 1.807) is 21.0 Å². The highest BCUT2D eigenvalue weighted by atomic mass is 32.2. The first-order valence-electron chi connectivity index (χ1n) is 9.45. The van der Waals surface area contributed by atoms with Gasteiger partial charge >= 0.3 is 0 Å². The third-order valence-electron chi connectivity index (χ3n) is 4.26. The fourth-order valence-corrected chi connectivity index (χ4v) is 3.30. The molecule has 0 saturated carbocycles. The summed E-state index contributed by atoms with van der Waals surface area (Å²) in [5.74, 6) is 0.845. The van der Waals surface area contributed by atoms with Gasteiger partial charge in [0.15, 0.2) is 5.96 Å². The van der Waals surface area contributed by atoms with Crippen LogP contribution < -0.4 is 10.6 Å². The van der Waals surface area contributed by atoms with E-state index in [4.69, 9.17) is 4.74 Å². The molecule has 7 nitrogen and oxygen atoms in total. The minimum absolute atomic E-state index is 0.0834. The highest BCUT2D eigenvalue weighted by Crippen LogP contribution is 2.15. The van der Waals surface area contributed by atoms with Gasteiger partial charge in [0.1, 0.15) is 0 Å². The summed E-state index contributed by atoms with van der Waals surface area (Å²) in [7, 11) is 0.226. The van der Waals surface area contributed by atoms with Crippen molar-refractivity contribution in [2.45, 2.75) is 32.8 Å². The zero-order valence-electron chi connectivity index (χ0n) is 16.9. The molecule has 1 aromatic rings. The smallest absolute Gasteiger partial charge is 0.213 e. The molecular weight excluding hydrogens is 364 g/mol. The van der Waals surface area contributed by atoms with Crippen molar-refractivity contribution in [3.05, 3.63) is 35.9 Å². The van der Waals surface area contributed by atoms with Gasteiger partial charge in [-0.25, -0.2) is 12.7 Å². The Bertz CT molecular complexity index is 650. The highest BCUT2D eigenvalue weighted by Gasteiger charge is 2.13. The molecule has 0 spiro atoms. The zero-order chi connectivity index (χ0) is 20.1. The summed E-state index contributed by atoms with van der Waals surface area (Å²) in [6.07, 6.45) is 1.67. The Hall–Kier alpha value is -1.64. The molecule has 0 amide bonds. The summed E-state index contributed by atoms with van der Waals surface area (Å²) in [5.41, 5.74) is 1.18. The van der Waals surface area contributed by atoms with Crippen LogP contribution in [0, 0.1) is 0 Å². The predicted molar refractivity (Wildman–Crippen MR) is 111 cm³/mol. The average Bonchev–Trinajstić information content (AvgIpc) is 2.69. The van der Waals surface area contributed by atoms with E-state index in [-0.39, 0.29) is 11.9 Å². The molecule has 0 bridgehead atoms. The molecule has 154 valence electrons. The Morgan fingerprint density at radius 3 is 2.41 bits per heavy atom. The minimum atomic E-state index is -3.11. The molecular formula is C19H34N4O3S. The van der Waals surface area contributed by atoms with Crippen molar-refractivity contribution in [1.29, 1.82) is 0 Å². The van der Waals surface area contributed by atoms with Gasteiger partial charge in [-0.3, -0.25) is 4.99 Å². The predicted octanol–water partition coefficient (Wildman–Crippen LogP) is 1.99. The van der Waals surface area contributed by atoms with Crippen LogP contribution in [-0.4, -0.2) is 64.8 Å². The number of aliphatic imine (C=N–C) groups is 1. The van der Waals surface area contributed by atoms with Crippen molar-refractivity contribution >= 4 is 16.0 Å². The Morgan fingerprint density at radius 1 is 1.19 bits per heavy atom. The van der Waals surface area contributed by atoms with Crippen LogP contribution in [0.4, 0.5) is 0 Å². The number of benzene rings is 1. The second-order valence-corrected chi connectivity index (χ2v) is 8.64. The van der Waals surface area contributed by atoms with Crippen molar-refractivity contribution in [3.8, 4) is 0 Å². The number of sulfonamides is 1. The lowest BCUT2D eigenvalue weighted by atomic mass is 10.1. The number of guanidine groups is 1. The van der Waals surface area contributed by atoms with E-state index in [1.807, 2.05) is 18.2 Å². The molecule has 27 heavy (non-hydrogen) atoms. The molecule has 0 aromatic heterocycles. The lowest BCUT2D eigenvalue weighted by Gasteiger charge is -2.17. The fraction of sp³-hybridized carbons (Fsp3) is 0.632. The molecule has 0 saturated heterocycles. The zero-order valence-corrected chi connectivity index (χ0v) is 17.8. The van der Waals surface area contributed by atoms with Crippen molar-refractivity contribution < 1.29 is 13.2 Å². The van der Waals surface area contributed by atoms with Crippen LogP contribution in [0.2, 0.25) is 0 Å². The van der Waals surface area contributed by atoms with E-state index in [0.717, 1.165) is 13.0 Å². The molecule has 0 radical (unpaired) electrons. The first-order valence-corrected chi connectivity index (χ1v) is 11.1. The van der Waals surface area contributed by atoms with E-state index in [1.165, 1.54) is 9.87 Å². The van der Waals surface area contributed by atoms with E-state index in [0.29, 0.717) is 32.1 Å². The monoisotopic (exact) mass is 398 g/mol. The molecule has 0 heterocycles.